The number of fused-ring (bicyclic) bond motifs is 1. The molecule has 1 saturated carbocycles. The number of rotatable bonds is 3. The van der Waals surface area contributed by atoms with Crippen LogP contribution in [0.1, 0.15) is 48.0 Å². The Morgan fingerprint density at radius 3 is 2.46 bits per heavy atom. The van der Waals surface area contributed by atoms with Crippen molar-refractivity contribution in [1.29, 1.82) is 0 Å². The molecule has 1 amide bonds. The van der Waals surface area contributed by atoms with Crippen molar-refractivity contribution >= 4 is 11.9 Å². The SMILES string of the molecule is Cc1ccccc1C(=O)N1C[C@H]2CN(C3CCCCC3)C[C@@]2(C(=O)O)C1. The smallest absolute Gasteiger partial charge is 0.313 e. The number of carbonyl (C=O) groups excluding carboxylic acids is 1. The summed E-state index contributed by atoms with van der Waals surface area (Å²) in [6.07, 6.45) is 6.19. The summed E-state index contributed by atoms with van der Waals surface area (Å²) < 4.78 is 0. The first kappa shape index (κ1) is 17.5. The third-order valence-electron chi connectivity index (χ3n) is 6.82. The van der Waals surface area contributed by atoms with E-state index in [1.165, 1.54) is 32.1 Å². The van der Waals surface area contributed by atoms with Crippen LogP contribution in [-0.4, -0.2) is 59.0 Å². The van der Waals surface area contributed by atoms with E-state index in [9.17, 15) is 14.7 Å². The van der Waals surface area contributed by atoms with E-state index >= 15 is 0 Å². The molecule has 140 valence electrons. The minimum atomic E-state index is -0.796. The van der Waals surface area contributed by atoms with Crippen LogP contribution in [0.4, 0.5) is 0 Å². The molecule has 3 aliphatic rings. The third-order valence-corrected chi connectivity index (χ3v) is 6.82. The Bertz CT molecular complexity index is 713. The Hall–Kier alpha value is -1.88. The van der Waals surface area contributed by atoms with Crippen molar-refractivity contribution in [2.24, 2.45) is 11.3 Å². The first-order chi connectivity index (χ1) is 12.5. The summed E-state index contributed by atoms with van der Waals surface area (Å²) >= 11 is 0. The molecule has 26 heavy (non-hydrogen) atoms. The highest BCUT2D eigenvalue weighted by molar-refractivity contribution is 5.96. The maximum absolute atomic E-state index is 13.0. The molecule has 0 aromatic heterocycles. The quantitative estimate of drug-likeness (QED) is 0.905. The molecular weight excluding hydrogens is 328 g/mol. The van der Waals surface area contributed by atoms with E-state index in [0.717, 1.165) is 12.1 Å². The number of nitrogens with zero attached hydrogens (tertiary/aromatic N) is 2. The molecule has 5 heteroatoms. The van der Waals surface area contributed by atoms with Gasteiger partial charge in [-0.25, -0.2) is 0 Å². The molecule has 0 spiro atoms. The third kappa shape index (κ3) is 2.82. The highest BCUT2D eigenvalue weighted by Crippen LogP contribution is 2.45. The molecule has 2 atom stereocenters. The van der Waals surface area contributed by atoms with Gasteiger partial charge in [-0.2, -0.15) is 0 Å². The number of hydrogen-bond donors (Lipinski definition) is 1. The lowest BCUT2D eigenvalue weighted by molar-refractivity contribution is -0.148. The van der Waals surface area contributed by atoms with E-state index in [0.29, 0.717) is 31.2 Å². The van der Waals surface area contributed by atoms with Crippen LogP contribution in [0.3, 0.4) is 0 Å². The second-order valence-electron chi connectivity index (χ2n) is 8.38. The van der Waals surface area contributed by atoms with Crippen LogP contribution in [0.25, 0.3) is 0 Å². The number of carboxylic acid groups (broad SMARTS) is 1. The summed E-state index contributed by atoms with van der Waals surface area (Å²) in [5.74, 6) is -0.724. The van der Waals surface area contributed by atoms with Crippen molar-refractivity contribution in [2.75, 3.05) is 26.2 Å². The Labute approximate surface area is 155 Å². The molecule has 1 N–H and O–H groups in total. The van der Waals surface area contributed by atoms with Crippen LogP contribution >= 0.6 is 0 Å². The van der Waals surface area contributed by atoms with E-state index in [1.807, 2.05) is 31.2 Å². The normalized spacial score (nSPS) is 29.7. The monoisotopic (exact) mass is 356 g/mol. The lowest BCUT2D eigenvalue weighted by Crippen LogP contribution is -2.44. The van der Waals surface area contributed by atoms with Crippen LogP contribution in [0.15, 0.2) is 24.3 Å². The second-order valence-corrected chi connectivity index (χ2v) is 8.38. The number of carbonyl (C=O) groups is 2. The van der Waals surface area contributed by atoms with Crippen molar-refractivity contribution in [3.05, 3.63) is 35.4 Å². The highest BCUT2D eigenvalue weighted by Gasteiger charge is 2.59. The minimum Gasteiger partial charge on any atom is -0.481 e. The highest BCUT2D eigenvalue weighted by atomic mass is 16.4. The predicted octanol–water partition coefficient (Wildman–Crippen LogP) is 2.79. The number of likely N-dealkylation sites (tertiary alicyclic amines) is 2. The number of benzene rings is 1. The van der Waals surface area contributed by atoms with Gasteiger partial charge in [0.05, 0.1) is 0 Å². The maximum atomic E-state index is 13.0. The number of carboxylic acids is 1. The minimum absolute atomic E-state index is 0.0256. The van der Waals surface area contributed by atoms with Gasteiger partial charge in [-0.3, -0.25) is 14.5 Å². The fourth-order valence-corrected chi connectivity index (χ4v) is 5.27. The Morgan fingerprint density at radius 1 is 1.08 bits per heavy atom. The number of amides is 1. The molecule has 1 aromatic carbocycles. The van der Waals surface area contributed by atoms with Crippen molar-refractivity contribution in [2.45, 2.75) is 45.1 Å². The zero-order valence-corrected chi connectivity index (χ0v) is 15.5. The first-order valence-corrected chi connectivity index (χ1v) is 9.83. The van der Waals surface area contributed by atoms with E-state index in [1.54, 1.807) is 4.90 Å². The molecule has 2 saturated heterocycles. The van der Waals surface area contributed by atoms with Gasteiger partial charge in [-0.1, -0.05) is 37.5 Å². The summed E-state index contributed by atoms with van der Waals surface area (Å²) in [4.78, 5) is 29.4. The molecular formula is C21H28N2O3. The summed E-state index contributed by atoms with van der Waals surface area (Å²) in [5.41, 5.74) is 0.843. The average Bonchev–Trinajstić information content (AvgIpc) is 3.18. The van der Waals surface area contributed by atoms with Gasteiger partial charge in [0.1, 0.15) is 5.41 Å². The van der Waals surface area contributed by atoms with Gasteiger partial charge in [-0.15, -0.1) is 0 Å². The van der Waals surface area contributed by atoms with Crippen LogP contribution < -0.4 is 0 Å². The lowest BCUT2D eigenvalue weighted by Gasteiger charge is -2.33. The summed E-state index contributed by atoms with van der Waals surface area (Å²) in [7, 11) is 0. The maximum Gasteiger partial charge on any atom is 0.313 e. The summed E-state index contributed by atoms with van der Waals surface area (Å²) in [5, 5.41) is 10.1. The van der Waals surface area contributed by atoms with Crippen molar-refractivity contribution < 1.29 is 14.7 Å². The van der Waals surface area contributed by atoms with Gasteiger partial charge in [-0.05, 0) is 31.4 Å². The van der Waals surface area contributed by atoms with Crippen LogP contribution in [0.2, 0.25) is 0 Å². The molecule has 0 radical (unpaired) electrons. The second kappa shape index (κ2) is 6.69. The standard InChI is InChI=1S/C21H28N2O3/c1-15-7-5-6-10-18(15)19(24)23-12-16-11-22(17-8-3-2-4-9-17)13-21(16,14-23)20(25)26/h5-7,10,16-17H,2-4,8-9,11-14H2,1H3,(H,25,26)/t16-,21-/m1/s1. The zero-order chi connectivity index (χ0) is 18.3. The lowest BCUT2D eigenvalue weighted by atomic mass is 9.81. The zero-order valence-electron chi connectivity index (χ0n) is 15.5. The van der Waals surface area contributed by atoms with Crippen molar-refractivity contribution in [1.82, 2.24) is 9.80 Å². The van der Waals surface area contributed by atoms with Crippen LogP contribution in [0, 0.1) is 18.3 Å². The molecule has 1 aromatic rings. The summed E-state index contributed by atoms with van der Waals surface area (Å²) in [6, 6.07) is 8.10. The molecule has 5 nitrogen and oxygen atoms in total. The number of hydrogen-bond acceptors (Lipinski definition) is 3. The average molecular weight is 356 g/mol. The fourth-order valence-electron chi connectivity index (χ4n) is 5.27. The summed E-state index contributed by atoms with van der Waals surface area (Å²) in [6.45, 7) is 4.23. The Morgan fingerprint density at radius 2 is 1.81 bits per heavy atom. The van der Waals surface area contributed by atoms with Gasteiger partial charge in [0, 0.05) is 43.7 Å². The largest absolute Gasteiger partial charge is 0.481 e. The van der Waals surface area contributed by atoms with E-state index < -0.39 is 11.4 Å². The van der Waals surface area contributed by atoms with E-state index in [4.69, 9.17) is 0 Å². The van der Waals surface area contributed by atoms with E-state index in [-0.39, 0.29) is 11.8 Å². The van der Waals surface area contributed by atoms with Crippen LogP contribution in [0.5, 0.6) is 0 Å². The molecule has 0 unspecified atom stereocenters. The Balaban J connectivity index is 1.53. The van der Waals surface area contributed by atoms with Gasteiger partial charge < -0.3 is 10.0 Å². The van der Waals surface area contributed by atoms with Crippen LogP contribution in [-0.2, 0) is 4.79 Å². The first-order valence-electron chi connectivity index (χ1n) is 9.83. The van der Waals surface area contributed by atoms with Gasteiger partial charge in [0.2, 0.25) is 0 Å². The van der Waals surface area contributed by atoms with Gasteiger partial charge in [0.15, 0.2) is 0 Å². The fraction of sp³-hybridized carbons (Fsp3) is 0.619. The van der Waals surface area contributed by atoms with Gasteiger partial charge >= 0.3 is 5.97 Å². The molecule has 0 bridgehead atoms. The molecule has 2 heterocycles. The molecule has 2 aliphatic heterocycles. The predicted molar refractivity (Wildman–Crippen MR) is 99.1 cm³/mol. The van der Waals surface area contributed by atoms with Crippen molar-refractivity contribution in [3.63, 3.8) is 0 Å². The van der Waals surface area contributed by atoms with E-state index in [2.05, 4.69) is 4.90 Å². The molecule has 4 rings (SSSR count). The number of aliphatic carboxylic acids is 1. The topological polar surface area (TPSA) is 60.9 Å². The van der Waals surface area contributed by atoms with Crippen molar-refractivity contribution in [3.8, 4) is 0 Å². The number of aryl methyl sites for hydroxylation is 1. The Kier molecular flexibility index (Phi) is 4.51. The van der Waals surface area contributed by atoms with Gasteiger partial charge in [0.25, 0.3) is 5.91 Å². The molecule has 3 fully saturated rings. The molecule has 1 aliphatic carbocycles.